The second kappa shape index (κ2) is 9.19. The van der Waals surface area contributed by atoms with E-state index in [0.29, 0.717) is 24.9 Å². The molecule has 1 aromatic carbocycles. The first-order valence-corrected chi connectivity index (χ1v) is 8.74. The highest BCUT2D eigenvalue weighted by molar-refractivity contribution is 8.00. The number of morpholine rings is 1. The summed E-state index contributed by atoms with van der Waals surface area (Å²) >= 11 is 2.99. The maximum absolute atomic E-state index is 12.0. The molecule has 1 atom stereocenters. The molecule has 2 aromatic rings. The fourth-order valence-corrected chi connectivity index (χ4v) is 3.68. The van der Waals surface area contributed by atoms with Gasteiger partial charge in [-0.15, -0.1) is 22.6 Å². The van der Waals surface area contributed by atoms with Gasteiger partial charge in [-0.3, -0.25) is 10.1 Å². The summed E-state index contributed by atoms with van der Waals surface area (Å²) < 4.78 is 6.11. The molecular formula is C14H17ClN4O2S2. The summed E-state index contributed by atoms with van der Waals surface area (Å²) in [7, 11) is 0. The van der Waals surface area contributed by atoms with Crippen LogP contribution in [0.25, 0.3) is 0 Å². The first kappa shape index (κ1) is 18.2. The second-order valence-corrected chi connectivity index (χ2v) is 6.92. The molecule has 1 aliphatic heterocycles. The zero-order valence-corrected chi connectivity index (χ0v) is 14.7. The van der Waals surface area contributed by atoms with Crippen LogP contribution < -0.4 is 10.6 Å². The van der Waals surface area contributed by atoms with Crippen LogP contribution in [0.1, 0.15) is 5.56 Å². The van der Waals surface area contributed by atoms with Crippen molar-refractivity contribution in [3.63, 3.8) is 0 Å². The average molecular weight is 373 g/mol. The van der Waals surface area contributed by atoms with Gasteiger partial charge in [-0.1, -0.05) is 53.4 Å². The number of thioether (sulfide) groups is 1. The Labute approximate surface area is 148 Å². The highest BCUT2D eigenvalue weighted by Gasteiger charge is 2.22. The van der Waals surface area contributed by atoms with E-state index < -0.39 is 0 Å². The molecule has 0 spiro atoms. The highest BCUT2D eigenvalue weighted by Crippen LogP contribution is 2.28. The number of ether oxygens (including phenoxy) is 1. The third kappa shape index (κ3) is 5.43. The molecule has 1 aromatic heterocycles. The number of nitrogens with one attached hydrogen (secondary N) is 2. The molecule has 1 aliphatic rings. The van der Waals surface area contributed by atoms with E-state index in [1.54, 1.807) is 11.8 Å². The fraction of sp³-hybridized carbons (Fsp3) is 0.357. The van der Waals surface area contributed by atoms with Crippen LogP contribution in [0.3, 0.4) is 0 Å². The van der Waals surface area contributed by atoms with Gasteiger partial charge in [0.1, 0.15) is 6.04 Å². The van der Waals surface area contributed by atoms with E-state index >= 15 is 0 Å². The van der Waals surface area contributed by atoms with Crippen LogP contribution in [0.2, 0.25) is 0 Å². The summed E-state index contributed by atoms with van der Waals surface area (Å²) in [6.45, 7) is 1.72. The van der Waals surface area contributed by atoms with Crippen LogP contribution in [0, 0.1) is 0 Å². The van der Waals surface area contributed by atoms with Crippen LogP contribution in [-0.2, 0) is 15.3 Å². The maximum Gasteiger partial charge on any atom is 0.245 e. The first-order chi connectivity index (χ1) is 10.8. The molecule has 9 heteroatoms. The van der Waals surface area contributed by atoms with Crippen molar-refractivity contribution in [2.24, 2.45) is 0 Å². The molecule has 1 fully saturated rings. The van der Waals surface area contributed by atoms with Crippen molar-refractivity contribution in [3.8, 4) is 0 Å². The molecule has 0 bridgehead atoms. The van der Waals surface area contributed by atoms with Crippen molar-refractivity contribution in [2.75, 3.05) is 25.1 Å². The number of hydrogen-bond donors (Lipinski definition) is 2. The highest BCUT2D eigenvalue weighted by atomic mass is 35.5. The van der Waals surface area contributed by atoms with Crippen molar-refractivity contribution in [1.82, 2.24) is 15.5 Å². The van der Waals surface area contributed by atoms with E-state index in [1.807, 2.05) is 18.2 Å². The van der Waals surface area contributed by atoms with E-state index in [0.717, 1.165) is 10.1 Å². The predicted octanol–water partition coefficient (Wildman–Crippen LogP) is 2.18. The third-order valence-electron chi connectivity index (χ3n) is 3.08. The Balaban J connectivity index is 0.00000192. The first-order valence-electron chi connectivity index (χ1n) is 6.93. The number of aromatic nitrogens is 2. The lowest BCUT2D eigenvalue weighted by atomic mass is 10.2. The number of halogens is 1. The Kier molecular flexibility index (Phi) is 7.25. The zero-order valence-electron chi connectivity index (χ0n) is 12.2. The van der Waals surface area contributed by atoms with Gasteiger partial charge in [-0.2, -0.15) is 0 Å². The van der Waals surface area contributed by atoms with Crippen molar-refractivity contribution in [3.05, 3.63) is 35.9 Å². The summed E-state index contributed by atoms with van der Waals surface area (Å²) in [5, 5.41) is 14.5. The van der Waals surface area contributed by atoms with Crippen molar-refractivity contribution < 1.29 is 9.53 Å². The molecule has 2 N–H and O–H groups in total. The van der Waals surface area contributed by atoms with Crippen LogP contribution in [0.5, 0.6) is 0 Å². The van der Waals surface area contributed by atoms with Gasteiger partial charge >= 0.3 is 0 Å². The number of nitrogens with zero attached hydrogens (tertiary/aromatic N) is 2. The molecule has 0 radical (unpaired) electrons. The lowest BCUT2D eigenvalue weighted by Gasteiger charge is -2.22. The number of rotatable bonds is 5. The Bertz CT molecular complexity index is 620. The number of carbonyl (C=O) groups excluding carboxylic acids is 1. The molecular weight excluding hydrogens is 356 g/mol. The zero-order chi connectivity index (χ0) is 15.2. The molecule has 1 unspecified atom stereocenters. The molecule has 1 saturated heterocycles. The third-order valence-corrected chi connectivity index (χ3v) is 5.12. The number of anilines is 1. The van der Waals surface area contributed by atoms with E-state index in [1.165, 1.54) is 16.9 Å². The average Bonchev–Trinajstić information content (AvgIpc) is 3.02. The van der Waals surface area contributed by atoms with Gasteiger partial charge in [0.2, 0.25) is 11.0 Å². The molecule has 6 nitrogen and oxygen atoms in total. The normalized spacial score (nSPS) is 17.3. The Morgan fingerprint density at radius 2 is 2.22 bits per heavy atom. The number of benzene rings is 1. The van der Waals surface area contributed by atoms with Crippen LogP contribution in [0.15, 0.2) is 34.7 Å². The molecule has 3 rings (SSSR count). The topological polar surface area (TPSA) is 76.1 Å². The van der Waals surface area contributed by atoms with Gasteiger partial charge in [0.05, 0.1) is 13.2 Å². The largest absolute Gasteiger partial charge is 0.378 e. The van der Waals surface area contributed by atoms with Gasteiger partial charge in [0.15, 0.2) is 4.34 Å². The fourth-order valence-electron chi connectivity index (χ4n) is 1.96. The van der Waals surface area contributed by atoms with Crippen LogP contribution >= 0.6 is 35.5 Å². The smallest absolute Gasteiger partial charge is 0.245 e. The Morgan fingerprint density at radius 1 is 1.39 bits per heavy atom. The molecule has 23 heavy (non-hydrogen) atoms. The van der Waals surface area contributed by atoms with Crippen molar-refractivity contribution >= 4 is 46.5 Å². The van der Waals surface area contributed by atoms with Gasteiger partial charge < -0.3 is 10.1 Å². The van der Waals surface area contributed by atoms with Crippen molar-refractivity contribution in [1.29, 1.82) is 0 Å². The standard InChI is InChI=1S/C14H16N4O2S2.ClH/c19-12(11-8-20-7-6-15-11)16-13-17-18-14(22-13)21-9-10-4-2-1-3-5-10;/h1-5,11,15H,6-9H2,(H,16,17,19);1H. The predicted molar refractivity (Wildman–Crippen MR) is 94.4 cm³/mol. The Hall–Kier alpha value is -1.19. The number of hydrogen-bond acceptors (Lipinski definition) is 7. The summed E-state index contributed by atoms with van der Waals surface area (Å²) in [6, 6.07) is 9.85. The summed E-state index contributed by atoms with van der Waals surface area (Å²) in [5.41, 5.74) is 1.23. The van der Waals surface area contributed by atoms with Gasteiger partial charge in [-0.05, 0) is 5.56 Å². The minimum Gasteiger partial charge on any atom is -0.378 e. The van der Waals surface area contributed by atoms with E-state index in [2.05, 4.69) is 33.0 Å². The number of amides is 1. The molecule has 0 aliphatic carbocycles. The summed E-state index contributed by atoms with van der Waals surface area (Å²) in [5.74, 6) is 0.706. The maximum atomic E-state index is 12.0. The minimum absolute atomic E-state index is 0. The quantitative estimate of drug-likeness (QED) is 0.619. The summed E-state index contributed by atoms with van der Waals surface area (Å²) in [6.07, 6.45) is 0. The van der Waals surface area contributed by atoms with Crippen LogP contribution in [-0.4, -0.2) is 41.9 Å². The summed E-state index contributed by atoms with van der Waals surface area (Å²) in [4.78, 5) is 12.0. The second-order valence-electron chi connectivity index (χ2n) is 4.72. The van der Waals surface area contributed by atoms with Crippen LogP contribution in [0.4, 0.5) is 5.13 Å². The number of carbonyl (C=O) groups is 1. The molecule has 2 heterocycles. The van der Waals surface area contributed by atoms with Gasteiger partial charge in [0.25, 0.3) is 0 Å². The SMILES string of the molecule is Cl.O=C(Nc1nnc(SCc2ccccc2)s1)C1COCCN1. The molecule has 1 amide bonds. The van der Waals surface area contributed by atoms with E-state index in [-0.39, 0.29) is 24.4 Å². The Morgan fingerprint density at radius 3 is 2.96 bits per heavy atom. The monoisotopic (exact) mass is 372 g/mol. The van der Waals surface area contributed by atoms with Gasteiger partial charge in [0, 0.05) is 12.3 Å². The van der Waals surface area contributed by atoms with E-state index in [4.69, 9.17) is 4.74 Å². The van der Waals surface area contributed by atoms with Gasteiger partial charge in [-0.25, -0.2) is 0 Å². The van der Waals surface area contributed by atoms with E-state index in [9.17, 15) is 4.79 Å². The molecule has 124 valence electrons. The minimum atomic E-state index is -0.321. The van der Waals surface area contributed by atoms with Crippen molar-refractivity contribution in [2.45, 2.75) is 16.1 Å². The lowest BCUT2D eigenvalue weighted by molar-refractivity contribution is -0.120. The molecule has 0 saturated carbocycles. The lowest BCUT2D eigenvalue weighted by Crippen LogP contribution is -2.48.